The molecule has 1 saturated carbocycles. The lowest BCUT2D eigenvalue weighted by Crippen LogP contribution is -2.52. The van der Waals surface area contributed by atoms with Crippen LogP contribution >= 0.6 is 0 Å². The van der Waals surface area contributed by atoms with E-state index < -0.39 is 52.8 Å². The van der Waals surface area contributed by atoms with Gasteiger partial charge in [0.15, 0.2) is 5.78 Å². The number of imide groups is 1. The number of hydrazine groups is 1. The van der Waals surface area contributed by atoms with Crippen molar-refractivity contribution >= 4 is 35.2 Å². The van der Waals surface area contributed by atoms with Crippen molar-refractivity contribution in [1.82, 2.24) is 10.0 Å². The molecule has 3 atom stereocenters. The summed E-state index contributed by atoms with van der Waals surface area (Å²) < 4.78 is 10.2. The monoisotopic (exact) mass is 559 g/mol. The Kier molecular flexibility index (Phi) is 7.47. The summed E-state index contributed by atoms with van der Waals surface area (Å²) in [7, 11) is 0. The summed E-state index contributed by atoms with van der Waals surface area (Å²) in [6.45, 7) is 1.35. The van der Waals surface area contributed by atoms with Gasteiger partial charge in [-0.05, 0) is 73.7 Å². The van der Waals surface area contributed by atoms with Gasteiger partial charge >= 0.3 is 5.97 Å². The van der Waals surface area contributed by atoms with Gasteiger partial charge in [0.1, 0.15) is 12.3 Å². The van der Waals surface area contributed by atoms with Gasteiger partial charge in [-0.3, -0.25) is 29.3 Å². The maximum Gasteiger partial charge on any atom is 0.379 e. The maximum absolute atomic E-state index is 13.6. The van der Waals surface area contributed by atoms with Crippen LogP contribution in [-0.4, -0.2) is 51.0 Å². The molecule has 2 heterocycles. The lowest BCUT2D eigenvalue weighted by atomic mass is 9.76. The molecule has 2 aromatic carbocycles. The lowest BCUT2D eigenvalue weighted by molar-refractivity contribution is -0.384. The molecular formula is C29H25N3O9. The van der Waals surface area contributed by atoms with Gasteiger partial charge in [0.2, 0.25) is 5.76 Å². The van der Waals surface area contributed by atoms with E-state index in [1.54, 1.807) is 0 Å². The third-order valence-corrected chi connectivity index (χ3v) is 7.37. The Morgan fingerprint density at radius 3 is 2.27 bits per heavy atom. The highest BCUT2D eigenvalue weighted by molar-refractivity contribution is 6.09. The number of carbonyl (C=O) groups is 5. The molecule has 0 spiro atoms. The van der Waals surface area contributed by atoms with E-state index in [1.165, 1.54) is 54.8 Å². The van der Waals surface area contributed by atoms with Crippen LogP contribution in [-0.2, 0) is 9.59 Å². The molecule has 0 unspecified atom stereocenters. The minimum atomic E-state index is -0.828. The highest BCUT2D eigenvalue weighted by Gasteiger charge is 2.52. The van der Waals surface area contributed by atoms with E-state index in [-0.39, 0.29) is 34.2 Å². The van der Waals surface area contributed by atoms with E-state index in [1.807, 2.05) is 6.92 Å². The van der Waals surface area contributed by atoms with E-state index in [2.05, 4.69) is 0 Å². The van der Waals surface area contributed by atoms with Crippen LogP contribution in [0.25, 0.3) is 0 Å². The molecule has 1 aliphatic heterocycles. The minimum absolute atomic E-state index is 0.000425. The quantitative estimate of drug-likeness (QED) is 0.0991. The molecule has 0 N–H and O–H groups in total. The number of ketones is 1. The summed E-state index contributed by atoms with van der Waals surface area (Å²) in [5, 5.41) is 12.7. The van der Waals surface area contributed by atoms with Crippen LogP contribution in [0.4, 0.5) is 5.69 Å². The summed E-state index contributed by atoms with van der Waals surface area (Å²) >= 11 is 0. The number of nitrogens with zero attached hydrogens (tertiary/aromatic N) is 3. The first kappa shape index (κ1) is 27.4. The second kappa shape index (κ2) is 11.2. The SMILES string of the molecule is C[C@@H]1CC[C@H]2C(=O)N(N(CC(=O)c3ccc(OC(=O)c4ccco4)cc3)C(=O)c3ccc([N+](=O)[O-])cc3)C(=O)[C@H]2C1. The number of esters is 1. The fraction of sp³-hybridized carbons (Fsp3) is 0.276. The predicted octanol–water partition coefficient (Wildman–Crippen LogP) is 4.07. The van der Waals surface area contributed by atoms with Gasteiger partial charge in [-0.1, -0.05) is 6.92 Å². The van der Waals surface area contributed by atoms with Crippen molar-refractivity contribution in [2.24, 2.45) is 17.8 Å². The number of ether oxygens (including phenoxy) is 1. The highest BCUT2D eigenvalue weighted by Crippen LogP contribution is 2.41. The highest BCUT2D eigenvalue weighted by atomic mass is 16.6. The topological polar surface area (TPSA) is 157 Å². The molecule has 1 aromatic heterocycles. The maximum atomic E-state index is 13.6. The van der Waals surface area contributed by atoms with Gasteiger partial charge in [0, 0.05) is 23.3 Å². The number of Topliss-reactive ketones (excluding diaryl/α,β-unsaturated/α-hetero) is 1. The summed E-state index contributed by atoms with van der Waals surface area (Å²) in [6.07, 6.45) is 3.09. The third kappa shape index (κ3) is 5.49. The average Bonchev–Trinajstić information content (AvgIpc) is 3.59. The fourth-order valence-electron chi connectivity index (χ4n) is 5.21. The second-order valence-electron chi connectivity index (χ2n) is 10.1. The number of hydrogen-bond donors (Lipinski definition) is 0. The summed E-state index contributed by atoms with van der Waals surface area (Å²) in [5.74, 6) is -4.03. The predicted molar refractivity (Wildman–Crippen MR) is 140 cm³/mol. The molecule has 3 amide bonds. The van der Waals surface area contributed by atoms with E-state index in [0.29, 0.717) is 12.8 Å². The molecule has 0 radical (unpaired) electrons. The number of fused-ring (bicyclic) bond motifs is 1. The molecule has 5 rings (SSSR count). The van der Waals surface area contributed by atoms with Crippen LogP contribution in [0.15, 0.2) is 71.3 Å². The first-order valence-electron chi connectivity index (χ1n) is 13.0. The third-order valence-electron chi connectivity index (χ3n) is 7.37. The molecule has 12 heteroatoms. The van der Waals surface area contributed by atoms with Crippen molar-refractivity contribution < 1.29 is 38.1 Å². The van der Waals surface area contributed by atoms with Crippen LogP contribution in [0.5, 0.6) is 5.75 Å². The van der Waals surface area contributed by atoms with Gasteiger partial charge in [-0.25, -0.2) is 9.80 Å². The molecular weight excluding hydrogens is 534 g/mol. The summed E-state index contributed by atoms with van der Waals surface area (Å²) in [4.78, 5) is 76.3. The molecule has 12 nitrogen and oxygen atoms in total. The molecule has 1 saturated heterocycles. The van der Waals surface area contributed by atoms with Crippen molar-refractivity contribution in [3.63, 3.8) is 0 Å². The molecule has 3 aromatic rings. The van der Waals surface area contributed by atoms with Crippen LogP contribution in [0.2, 0.25) is 0 Å². The van der Waals surface area contributed by atoms with E-state index >= 15 is 0 Å². The molecule has 0 bridgehead atoms. The number of furan rings is 1. The Morgan fingerprint density at radius 1 is 0.976 bits per heavy atom. The van der Waals surface area contributed by atoms with Crippen LogP contribution in [0.1, 0.15) is 57.5 Å². The molecule has 210 valence electrons. The minimum Gasteiger partial charge on any atom is -0.457 e. The van der Waals surface area contributed by atoms with Crippen molar-refractivity contribution in [1.29, 1.82) is 0 Å². The smallest absolute Gasteiger partial charge is 0.379 e. The fourth-order valence-corrected chi connectivity index (χ4v) is 5.21. The Labute approximate surface area is 233 Å². The van der Waals surface area contributed by atoms with Crippen LogP contribution < -0.4 is 4.74 Å². The number of carbonyl (C=O) groups excluding carboxylic acids is 5. The van der Waals surface area contributed by atoms with Gasteiger partial charge < -0.3 is 9.15 Å². The van der Waals surface area contributed by atoms with Crippen molar-refractivity contribution in [3.05, 3.63) is 93.9 Å². The largest absolute Gasteiger partial charge is 0.457 e. The molecule has 2 aliphatic rings. The molecule has 1 aliphatic carbocycles. The number of hydrogen-bond acceptors (Lipinski definition) is 9. The Bertz CT molecular complexity index is 1510. The zero-order valence-corrected chi connectivity index (χ0v) is 21.9. The molecule has 41 heavy (non-hydrogen) atoms. The zero-order chi connectivity index (χ0) is 29.3. The van der Waals surface area contributed by atoms with Crippen molar-refractivity contribution in [3.8, 4) is 5.75 Å². The van der Waals surface area contributed by atoms with Crippen molar-refractivity contribution in [2.75, 3.05) is 6.54 Å². The number of amides is 3. The summed E-state index contributed by atoms with van der Waals surface area (Å²) in [5.41, 5.74) is -0.146. The number of non-ortho nitro benzene ring substituents is 1. The van der Waals surface area contributed by atoms with E-state index in [4.69, 9.17) is 9.15 Å². The van der Waals surface area contributed by atoms with Crippen LogP contribution in [0.3, 0.4) is 0 Å². The van der Waals surface area contributed by atoms with Crippen molar-refractivity contribution in [2.45, 2.75) is 26.2 Å². The summed E-state index contributed by atoms with van der Waals surface area (Å²) in [6, 6.07) is 13.2. The Balaban J connectivity index is 1.40. The van der Waals surface area contributed by atoms with Gasteiger partial charge in [0.05, 0.1) is 23.0 Å². The first-order chi connectivity index (χ1) is 19.6. The second-order valence-corrected chi connectivity index (χ2v) is 10.1. The Hall–Kier alpha value is -5.13. The normalized spacial score (nSPS) is 19.9. The number of nitro benzene ring substituents is 1. The lowest BCUT2D eigenvalue weighted by Gasteiger charge is -2.30. The van der Waals surface area contributed by atoms with Gasteiger partial charge in [-0.15, -0.1) is 0 Å². The van der Waals surface area contributed by atoms with E-state index in [0.717, 1.165) is 28.6 Å². The number of rotatable bonds is 8. The van der Waals surface area contributed by atoms with E-state index in [9.17, 15) is 34.1 Å². The molecule has 2 fully saturated rings. The zero-order valence-electron chi connectivity index (χ0n) is 21.9. The number of benzene rings is 2. The van der Waals surface area contributed by atoms with Gasteiger partial charge in [-0.2, -0.15) is 5.01 Å². The Morgan fingerprint density at radius 2 is 1.63 bits per heavy atom. The standard InChI is InChI=1S/C29H25N3O9/c1-17-4-13-22-23(15-17)28(36)31(27(22)35)30(26(34)19-5-9-20(10-6-19)32(38)39)16-24(33)18-7-11-21(12-8-18)41-29(37)25-3-2-14-40-25/h2-3,5-12,14,17,22-23H,4,13,15-16H2,1H3/t17-,22-,23+/m1/s1. The van der Waals surface area contributed by atoms with Crippen LogP contribution in [0, 0.1) is 27.9 Å². The first-order valence-corrected chi connectivity index (χ1v) is 13.0. The average molecular weight is 560 g/mol. The number of nitro groups is 1. The van der Waals surface area contributed by atoms with Gasteiger partial charge in [0.25, 0.3) is 23.4 Å².